The van der Waals surface area contributed by atoms with Crippen LogP contribution in [0.4, 0.5) is 5.82 Å². The van der Waals surface area contributed by atoms with Crippen LogP contribution in [-0.2, 0) is 9.53 Å². The van der Waals surface area contributed by atoms with Crippen molar-refractivity contribution < 1.29 is 9.53 Å². The van der Waals surface area contributed by atoms with Gasteiger partial charge in [0.1, 0.15) is 5.82 Å². The maximum absolute atomic E-state index is 12.7. The summed E-state index contributed by atoms with van der Waals surface area (Å²) in [5.41, 5.74) is 2.04. The van der Waals surface area contributed by atoms with E-state index in [-0.39, 0.29) is 5.56 Å². The van der Waals surface area contributed by atoms with E-state index in [1.807, 2.05) is 36.6 Å². The minimum absolute atomic E-state index is 0.264. The number of carbonyl (C=O) groups is 1. The lowest BCUT2D eigenvalue weighted by Crippen LogP contribution is -2.30. The Morgan fingerprint density at radius 1 is 1.29 bits per heavy atom. The first-order valence-corrected chi connectivity index (χ1v) is 8.58. The van der Waals surface area contributed by atoms with Crippen LogP contribution >= 0.6 is 11.8 Å². The Balaban J connectivity index is 2.29. The van der Waals surface area contributed by atoms with Crippen LogP contribution in [0.2, 0.25) is 0 Å². The molecule has 7 heteroatoms. The fraction of sp³-hybridized carbons (Fsp3) is 0.235. The third kappa shape index (κ3) is 2.71. The summed E-state index contributed by atoms with van der Waals surface area (Å²) in [7, 11) is 1.33. The average molecular weight is 343 g/mol. The lowest BCUT2D eigenvalue weighted by molar-refractivity contribution is -0.136. The van der Waals surface area contributed by atoms with E-state index in [4.69, 9.17) is 4.74 Å². The zero-order valence-corrected chi connectivity index (χ0v) is 14.4. The van der Waals surface area contributed by atoms with Crippen molar-refractivity contribution in [2.45, 2.75) is 18.0 Å². The van der Waals surface area contributed by atoms with Crippen molar-refractivity contribution in [3.8, 4) is 0 Å². The molecule has 0 fully saturated rings. The van der Waals surface area contributed by atoms with Crippen molar-refractivity contribution in [1.29, 1.82) is 0 Å². The van der Waals surface area contributed by atoms with Crippen molar-refractivity contribution in [3.63, 3.8) is 0 Å². The Morgan fingerprint density at radius 2 is 2.00 bits per heavy atom. The van der Waals surface area contributed by atoms with Crippen LogP contribution in [0.25, 0.3) is 0 Å². The van der Waals surface area contributed by atoms with Crippen molar-refractivity contribution in [2.75, 3.05) is 18.7 Å². The zero-order chi connectivity index (χ0) is 17.3. The van der Waals surface area contributed by atoms with Gasteiger partial charge >= 0.3 is 5.97 Å². The second kappa shape index (κ2) is 6.52. The second-order valence-electron chi connectivity index (χ2n) is 5.34. The van der Waals surface area contributed by atoms with Gasteiger partial charge in [0.05, 0.1) is 24.2 Å². The van der Waals surface area contributed by atoms with E-state index < -0.39 is 11.9 Å². The molecule has 0 unspecified atom stereocenters. The highest BCUT2D eigenvalue weighted by Crippen LogP contribution is 2.39. The lowest BCUT2D eigenvalue weighted by Gasteiger charge is -2.28. The van der Waals surface area contributed by atoms with Gasteiger partial charge in [0.15, 0.2) is 5.16 Å². The first kappa shape index (κ1) is 16.3. The van der Waals surface area contributed by atoms with Gasteiger partial charge in [0.25, 0.3) is 5.56 Å². The Hall–Kier alpha value is -2.54. The number of rotatable bonds is 3. The molecule has 1 aliphatic heterocycles. The number of aromatic amines is 1. The average Bonchev–Trinajstić information content (AvgIpc) is 2.60. The van der Waals surface area contributed by atoms with Crippen molar-refractivity contribution in [3.05, 3.63) is 63.1 Å². The maximum Gasteiger partial charge on any atom is 0.336 e. The number of nitrogens with one attached hydrogen (secondary N) is 2. The summed E-state index contributed by atoms with van der Waals surface area (Å²) in [6.07, 6.45) is 1.84. The smallest absolute Gasteiger partial charge is 0.336 e. The van der Waals surface area contributed by atoms with Crippen LogP contribution in [0, 0.1) is 0 Å². The summed E-state index contributed by atoms with van der Waals surface area (Å²) in [5, 5.41) is 3.60. The summed E-state index contributed by atoms with van der Waals surface area (Å²) in [4.78, 5) is 32.2. The van der Waals surface area contributed by atoms with Crippen LogP contribution in [-0.4, -0.2) is 29.3 Å². The number of hydrogen-bond acceptors (Lipinski definition) is 6. The van der Waals surface area contributed by atoms with E-state index in [1.54, 1.807) is 6.92 Å². The maximum atomic E-state index is 12.7. The van der Waals surface area contributed by atoms with Gasteiger partial charge in [-0.2, -0.15) is 0 Å². The zero-order valence-electron chi connectivity index (χ0n) is 13.5. The van der Waals surface area contributed by atoms with Crippen LogP contribution in [0.1, 0.15) is 24.0 Å². The van der Waals surface area contributed by atoms with E-state index in [9.17, 15) is 9.59 Å². The molecule has 1 atom stereocenters. The normalized spacial score (nSPS) is 16.4. The molecule has 0 amide bonds. The first-order valence-electron chi connectivity index (χ1n) is 7.36. The SMILES string of the molecule is COC(=O)C1=C(C)Nc2nc(SC)[nH]c(=O)c2[C@H]1c1ccccc1. The fourth-order valence-electron chi connectivity index (χ4n) is 2.89. The van der Waals surface area contributed by atoms with Gasteiger partial charge in [-0.15, -0.1) is 0 Å². The van der Waals surface area contributed by atoms with Crippen molar-refractivity contribution >= 4 is 23.5 Å². The molecule has 6 nitrogen and oxygen atoms in total. The molecule has 0 bridgehead atoms. The van der Waals surface area contributed by atoms with Gasteiger partial charge in [0, 0.05) is 5.70 Å². The summed E-state index contributed by atoms with van der Waals surface area (Å²) in [6.45, 7) is 1.78. The Labute approximate surface area is 143 Å². The number of ether oxygens (including phenoxy) is 1. The molecule has 3 rings (SSSR count). The number of thioether (sulfide) groups is 1. The number of carbonyl (C=O) groups excluding carboxylic acids is 1. The van der Waals surface area contributed by atoms with E-state index in [2.05, 4.69) is 15.3 Å². The molecule has 0 aliphatic carbocycles. The molecule has 1 aliphatic rings. The third-order valence-corrected chi connectivity index (χ3v) is 4.53. The quantitative estimate of drug-likeness (QED) is 0.506. The molecule has 124 valence electrons. The molecule has 0 spiro atoms. The second-order valence-corrected chi connectivity index (χ2v) is 6.13. The van der Waals surface area contributed by atoms with Crippen molar-refractivity contribution in [2.24, 2.45) is 0 Å². The first-order chi connectivity index (χ1) is 11.6. The Kier molecular flexibility index (Phi) is 4.44. The van der Waals surface area contributed by atoms with Gasteiger partial charge in [-0.3, -0.25) is 4.79 Å². The van der Waals surface area contributed by atoms with Crippen LogP contribution in [0.5, 0.6) is 0 Å². The molecule has 2 N–H and O–H groups in total. The predicted molar refractivity (Wildman–Crippen MR) is 93.3 cm³/mol. The molecular formula is C17H17N3O3S. The van der Waals surface area contributed by atoms with Gasteiger partial charge in [-0.1, -0.05) is 42.1 Å². The highest BCUT2D eigenvalue weighted by atomic mass is 32.2. The standard InChI is InChI=1S/C17H17N3O3S/c1-9-11(16(22)23-2)12(10-7-5-4-6-8-10)13-14(18-9)19-17(24-3)20-15(13)21/h4-8,12H,1-3H3,(H2,18,19,20,21)/t12-/m0/s1. The molecule has 2 aromatic rings. The van der Waals surface area contributed by atoms with Gasteiger partial charge in [-0.05, 0) is 18.7 Å². The number of methoxy groups -OCH3 is 1. The molecule has 2 heterocycles. The molecular weight excluding hydrogens is 326 g/mol. The monoisotopic (exact) mass is 343 g/mol. The number of H-pyrrole nitrogens is 1. The van der Waals surface area contributed by atoms with Crippen LogP contribution in [0.15, 0.2) is 51.6 Å². The molecule has 0 saturated heterocycles. The number of benzene rings is 1. The summed E-state index contributed by atoms with van der Waals surface area (Å²) in [6, 6.07) is 9.41. The van der Waals surface area contributed by atoms with Crippen LogP contribution < -0.4 is 10.9 Å². The van der Waals surface area contributed by atoms with E-state index in [1.165, 1.54) is 18.9 Å². The Morgan fingerprint density at radius 3 is 2.62 bits per heavy atom. The number of allylic oxidation sites excluding steroid dienone is 1. The van der Waals surface area contributed by atoms with Gasteiger partial charge in [0.2, 0.25) is 0 Å². The van der Waals surface area contributed by atoms with Gasteiger partial charge < -0.3 is 15.0 Å². The Bertz CT molecular complexity index is 874. The number of nitrogens with zero attached hydrogens (tertiary/aromatic N) is 1. The molecule has 0 saturated carbocycles. The largest absolute Gasteiger partial charge is 0.466 e. The number of aromatic nitrogens is 2. The highest BCUT2D eigenvalue weighted by molar-refractivity contribution is 7.98. The number of esters is 1. The van der Waals surface area contributed by atoms with Crippen molar-refractivity contribution in [1.82, 2.24) is 9.97 Å². The topological polar surface area (TPSA) is 84.1 Å². The minimum Gasteiger partial charge on any atom is -0.466 e. The summed E-state index contributed by atoms with van der Waals surface area (Å²) < 4.78 is 4.94. The van der Waals surface area contributed by atoms with E-state index >= 15 is 0 Å². The molecule has 24 heavy (non-hydrogen) atoms. The highest BCUT2D eigenvalue weighted by Gasteiger charge is 2.35. The summed E-state index contributed by atoms with van der Waals surface area (Å²) in [5.74, 6) is -0.517. The number of fused-ring (bicyclic) bond motifs is 1. The summed E-state index contributed by atoms with van der Waals surface area (Å²) >= 11 is 1.35. The number of hydrogen-bond donors (Lipinski definition) is 2. The fourth-order valence-corrected chi connectivity index (χ4v) is 3.26. The molecule has 1 aromatic heterocycles. The van der Waals surface area contributed by atoms with E-state index in [0.717, 1.165) is 5.56 Å². The van der Waals surface area contributed by atoms with E-state index in [0.29, 0.717) is 27.8 Å². The van der Waals surface area contributed by atoms with Crippen LogP contribution in [0.3, 0.4) is 0 Å². The molecule has 1 aromatic carbocycles. The minimum atomic E-state index is -0.526. The predicted octanol–water partition coefficient (Wildman–Crippen LogP) is 2.50. The third-order valence-electron chi connectivity index (χ3n) is 3.95. The lowest BCUT2D eigenvalue weighted by atomic mass is 9.82. The molecule has 0 radical (unpaired) electrons. The van der Waals surface area contributed by atoms with Gasteiger partial charge in [-0.25, -0.2) is 9.78 Å². The number of anilines is 1.